The zero-order chi connectivity index (χ0) is 27.2. The Morgan fingerprint density at radius 2 is 2.00 bits per heavy atom. The molecule has 2 heterocycles. The van der Waals surface area contributed by atoms with E-state index in [2.05, 4.69) is 15.0 Å². The number of carbonyl (C=O) groups is 2. The summed E-state index contributed by atoms with van der Waals surface area (Å²) in [5.41, 5.74) is 1.56. The number of ether oxygens (including phenoxy) is 2. The number of hydrogen-bond acceptors (Lipinski definition) is 4. The van der Waals surface area contributed by atoms with Crippen LogP contribution in [0.2, 0.25) is 0 Å². The Balaban J connectivity index is 2.12. The molecule has 0 spiro atoms. The van der Waals surface area contributed by atoms with Gasteiger partial charge in [0, 0.05) is 29.5 Å². The molecule has 0 aliphatic carbocycles. The maximum atomic E-state index is 14.6. The van der Waals surface area contributed by atoms with Gasteiger partial charge in [-0.15, -0.1) is 0 Å². The van der Waals surface area contributed by atoms with Gasteiger partial charge in [0.05, 0.1) is 16.8 Å². The van der Waals surface area contributed by atoms with Crippen molar-refractivity contribution in [2.75, 3.05) is 12.4 Å². The number of aromatic nitrogens is 1. The molecule has 0 radical (unpaired) electrons. The Morgan fingerprint density at radius 1 is 1.30 bits per heavy atom. The molecule has 0 unspecified atom stereocenters. The van der Waals surface area contributed by atoms with Crippen molar-refractivity contribution in [3.63, 3.8) is 0 Å². The van der Waals surface area contributed by atoms with E-state index < -0.39 is 71.5 Å². The highest BCUT2D eigenvalue weighted by Crippen LogP contribution is 2.54. The van der Waals surface area contributed by atoms with Crippen LogP contribution in [0.15, 0.2) is 30.5 Å². The first kappa shape index (κ1) is 20.3. The van der Waals surface area contributed by atoms with E-state index in [0.29, 0.717) is 13.0 Å². The molecule has 1 fully saturated rings. The van der Waals surface area contributed by atoms with E-state index in [1.807, 2.05) is 0 Å². The summed E-state index contributed by atoms with van der Waals surface area (Å²) in [7, 11) is -3.29. The molecular formula is C21H21F5N3O4+. The Bertz CT molecular complexity index is 1190. The van der Waals surface area contributed by atoms with Crippen LogP contribution in [-0.2, 0) is 9.53 Å². The highest BCUT2D eigenvalue weighted by Gasteiger charge is 2.65. The van der Waals surface area contributed by atoms with Crippen LogP contribution < -0.4 is 20.8 Å². The van der Waals surface area contributed by atoms with E-state index in [4.69, 9.17) is 14.6 Å². The maximum Gasteiger partial charge on any atom is 0.417 e. The molecule has 0 bridgehead atoms. The number of hydrogen-bond donors (Lipinski definition) is 2. The third-order valence-corrected chi connectivity index (χ3v) is 5.80. The number of rotatable bonds is 5. The third kappa shape index (κ3) is 4.22. The molecule has 7 nitrogen and oxygen atoms in total. The minimum atomic E-state index is -5.01. The summed E-state index contributed by atoms with van der Waals surface area (Å²) in [5.74, 6) is -9.66. The van der Waals surface area contributed by atoms with Gasteiger partial charge in [0.1, 0.15) is 6.10 Å². The molecule has 178 valence electrons. The third-order valence-electron chi connectivity index (χ3n) is 5.80. The lowest BCUT2D eigenvalue weighted by molar-refractivity contribution is -0.381. The van der Waals surface area contributed by atoms with E-state index in [0.717, 1.165) is 19.1 Å². The fourth-order valence-electron chi connectivity index (χ4n) is 3.84. The monoisotopic (exact) mass is 477 g/mol. The molecule has 12 heteroatoms. The quantitative estimate of drug-likeness (QED) is 0.646. The molecule has 33 heavy (non-hydrogen) atoms. The molecule has 2 amide bonds. The molecule has 4 atom stereocenters. The lowest BCUT2D eigenvalue weighted by Crippen LogP contribution is -2.47. The lowest BCUT2D eigenvalue weighted by atomic mass is 9.77. The first-order chi connectivity index (χ1) is 16.5. The second-order valence-electron chi connectivity index (χ2n) is 7.68. The fourth-order valence-corrected chi connectivity index (χ4v) is 3.84. The van der Waals surface area contributed by atoms with Crippen LogP contribution in [0.4, 0.5) is 27.6 Å². The van der Waals surface area contributed by atoms with Crippen molar-refractivity contribution in [1.29, 1.82) is 0 Å². The van der Waals surface area contributed by atoms with Crippen molar-refractivity contribution in [2.24, 2.45) is 11.7 Å². The van der Waals surface area contributed by atoms with Crippen LogP contribution in [-0.4, -0.2) is 36.7 Å². The minimum Gasteiger partial charge on any atom is -0.493 e. The van der Waals surface area contributed by atoms with Gasteiger partial charge < -0.3 is 20.5 Å². The van der Waals surface area contributed by atoms with Crippen molar-refractivity contribution in [3.05, 3.63) is 53.4 Å². The summed E-state index contributed by atoms with van der Waals surface area (Å²) < 4.78 is 102. The second kappa shape index (κ2) is 8.58. The molecule has 4 N–H and O–H groups in total. The van der Waals surface area contributed by atoms with E-state index in [1.165, 1.54) is 12.3 Å². The first-order valence-corrected chi connectivity index (χ1v) is 9.50. The molecule has 1 saturated heterocycles. The smallest absolute Gasteiger partial charge is 0.417 e. The van der Waals surface area contributed by atoms with E-state index in [1.54, 1.807) is 0 Å². The zero-order valence-electron chi connectivity index (χ0n) is 20.2. The van der Waals surface area contributed by atoms with E-state index in [9.17, 15) is 31.5 Å². The number of nitrogens with one attached hydrogen (secondary N) is 2. The Morgan fingerprint density at radius 3 is 2.61 bits per heavy atom. The van der Waals surface area contributed by atoms with Crippen molar-refractivity contribution in [1.82, 2.24) is 0 Å². The lowest BCUT2D eigenvalue weighted by Gasteiger charge is -2.32. The van der Waals surface area contributed by atoms with Crippen LogP contribution in [0.25, 0.3) is 0 Å². The van der Waals surface area contributed by atoms with Gasteiger partial charge in [0.15, 0.2) is 23.4 Å². The molecule has 1 aromatic heterocycles. The van der Waals surface area contributed by atoms with Crippen LogP contribution >= 0.6 is 0 Å². The number of aromatic amines is 1. The number of primary amides is 1. The average Bonchev–Trinajstić information content (AvgIpc) is 3.03. The Hall–Kier alpha value is -3.28. The van der Waals surface area contributed by atoms with Crippen LogP contribution in [0, 0.1) is 17.6 Å². The van der Waals surface area contributed by atoms with Gasteiger partial charge >= 0.3 is 12.1 Å². The second-order valence-corrected chi connectivity index (χ2v) is 7.68. The maximum absolute atomic E-state index is 14.6. The zero-order valence-corrected chi connectivity index (χ0v) is 17.2. The van der Waals surface area contributed by atoms with Crippen molar-refractivity contribution in [3.8, 4) is 5.75 Å². The highest BCUT2D eigenvalue weighted by molar-refractivity contribution is 5.97. The SMILES string of the molecule is [2H]C([2H])([2H])Oc1c([C@H]2[C@H](C(=O)Nc3cc[nH+]c(C(N)=O)c3)O[C@@](C)(C(F)(F)F)[C@H]2C)ccc(F)c1F. The molecule has 1 aromatic carbocycles. The highest BCUT2D eigenvalue weighted by atomic mass is 19.4. The summed E-state index contributed by atoms with van der Waals surface area (Å²) in [6.45, 7) is 1.76. The predicted octanol–water partition coefficient (Wildman–Crippen LogP) is 2.96. The fraction of sp³-hybridized carbons (Fsp3) is 0.381. The van der Waals surface area contributed by atoms with Gasteiger partial charge in [0.25, 0.3) is 11.6 Å². The van der Waals surface area contributed by atoms with Crippen LogP contribution in [0.1, 0.15) is 39.9 Å². The molecule has 1 aliphatic rings. The number of halogens is 5. The van der Waals surface area contributed by atoms with Crippen LogP contribution in [0.5, 0.6) is 5.75 Å². The number of anilines is 1. The standard InChI is InChI=1S/C21H20F5N3O4/c1-9-14(11-4-5-12(22)15(23)16(11)32-3)17(33-20(9,2)21(24,25)26)19(31)29-10-6-7-28-13(8-10)18(27)30/h4-9,14,17H,1-3H3,(H2,27,30)(H,28,29,31)/p+1/t9-,14-,17+,20+/m0/s1/i3D3. The van der Waals surface area contributed by atoms with Gasteiger partial charge in [-0.1, -0.05) is 13.0 Å². The van der Waals surface area contributed by atoms with Crippen molar-refractivity contribution in [2.45, 2.75) is 37.6 Å². The minimum absolute atomic E-state index is 0.0348. The molecule has 0 saturated carbocycles. The molecular weight excluding hydrogens is 453 g/mol. The number of H-pyrrole nitrogens is 1. The number of nitrogens with two attached hydrogens (primary N) is 1. The van der Waals surface area contributed by atoms with Gasteiger partial charge in [-0.05, 0) is 13.0 Å². The average molecular weight is 477 g/mol. The number of amides is 2. The Labute approximate surface area is 189 Å². The number of alkyl halides is 3. The summed E-state index contributed by atoms with van der Waals surface area (Å²) in [4.78, 5) is 27.0. The van der Waals surface area contributed by atoms with Gasteiger partial charge in [-0.2, -0.15) is 17.6 Å². The summed E-state index contributed by atoms with van der Waals surface area (Å²) in [5, 5.41) is 2.30. The van der Waals surface area contributed by atoms with Gasteiger partial charge in [-0.3, -0.25) is 9.59 Å². The van der Waals surface area contributed by atoms with Crippen molar-refractivity contribution >= 4 is 17.5 Å². The number of methoxy groups -OCH3 is 1. The van der Waals surface area contributed by atoms with Crippen molar-refractivity contribution < 1.29 is 50.1 Å². The molecule has 2 aromatic rings. The number of benzene rings is 1. The summed E-state index contributed by atoms with van der Waals surface area (Å²) >= 11 is 0. The predicted molar refractivity (Wildman–Crippen MR) is 104 cm³/mol. The topological polar surface area (TPSA) is 105 Å². The molecule has 3 rings (SSSR count). The van der Waals surface area contributed by atoms with E-state index in [-0.39, 0.29) is 11.4 Å². The van der Waals surface area contributed by atoms with Crippen LogP contribution in [0.3, 0.4) is 0 Å². The summed E-state index contributed by atoms with van der Waals surface area (Å²) in [6, 6.07) is 3.82. The summed E-state index contributed by atoms with van der Waals surface area (Å²) in [6.07, 6.45) is -5.73. The molecule has 1 aliphatic heterocycles. The largest absolute Gasteiger partial charge is 0.493 e. The Kier molecular flexibility index (Phi) is 5.29. The first-order valence-electron chi connectivity index (χ1n) is 11.0. The van der Waals surface area contributed by atoms with E-state index >= 15 is 0 Å². The number of pyridine rings is 1. The van der Waals surface area contributed by atoms with Gasteiger partial charge in [-0.25, -0.2) is 9.37 Å². The normalized spacial score (nSPS) is 26.8. The number of carbonyl (C=O) groups excluding carboxylic acids is 2. The van der Waals surface area contributed by atoms with Gasteiger partial charge in [0.2, 0.25) is 5.82 Å².